The van der Waals surface area contributed by atoms with Gasteiger partial charge in [0.15, 0.2) is 0 Å². The van der Waals surface area contributed by atoms with E-state index in [1.807, 2.05) is 52.0 Å². The molecule has 142 valence electrons. The van der Waals surface area contributed by atoms with Crippen molar-refractivity contribution in [2.75, 3.05) is 11.9 Å². The third-order valence-corrected chi connectivity index (χ3v) is 4.63. The largest absolute Gasteiger partial charge is 0.342 e. The number of urea groups is 1. The van der Waals surface area contributed by atoms with Crippen molar-refractivity contribution >= 4 is 33.9 Å². The molecule has 0 heterocycles. The van der Waals surface area contributed by atoms with E-state index in [0.29, 0.717) is 16.6 Å². The number of hydrazone groups is 1. The van der Waals surface area contributed by atoms with E-state index < -0.39 is 5.82 Å². The number of rotatable bonds is 5. The summed E-state index contributed by atoms with van der Waals surface area (Å²) < 4.78 is 14.7. The van der Waals surface area contributed by atoms with Crippen LogP contribution in [-0.2, 0) is 0 Å². The maximum absolute atomic E-state index is 14.0. The lowest BCUT2D eigenvalue weighted by Crippen LogP contribution is -2.32. The smallest absolute Gasteiger partial charge is 0.306 e. The average Bonchev–Trinajstić information content (AvgIpc) is 2.62. The fraction of sp³-hybridized carbons (Fsp3) is 0.238. The van der Waals surface area contributed by atoms with E-state index in [4.69, 9.17) is 0 Å². The second-order valence-electron chi connectivity index (χ2n) is 6.30. The third kappa shape index (κ3) is 5.76. The molecule has 2 aromatic carbocycles. The zero-order valence-electron chi connectivity index (χ0n) is 15.9. The van der Waals surface area contributed by atoms with Gasteiger partial charge in [-0.1, -0.05) is 45.8 Å². The molecule has 0 aliphatic carbocycles. The van der Waals surface area contributed by atoms with Crippen molar-refractivity contribution in [3.8, 4) is 0 Å². The number of carbonyl (C=O) groups is 1. The fourth-order valence-corrected chi connectivity index (χ4v) is 2.75. The number of hydrogen-bond acceptors (Lipinski definition) is 2. The van der Waals surface area contributed by atoms with Crippen molar-refractivity contribution in [3.05, 3.63) is 75.0 Å². The molecule has 4 nitrogen and oxygen atoms in total. The second kappa shape index (κ2) is 9.46. The number of allylic oxidation sites excluding steroid dienone is 1. The molecule has 0 saturated heterocycles. The Morgan fingerprint density at radius 3 is 2.52 bits per heavy atom. The van der Waals surface area contributed by atoms with Crippen LogP contribution in [0.4, 0.5) is 14.9 Å². The Morgan fingerprint density at radius 1 is 1.26 bits per heavy atom. The lowest BCUT2D eigenvalue weighted by molar-refractivity contribution is 0.218. The summed E-state index contributed by atoms with van der Waals surface area (Å²) in [5.74, 6) is -0.411. The summed E-state index contributed by atoms with van der Waals surface area (Å²) in [5.41, 5.74) is 3.97. The van der Waals surface area contributed by atoms with Gasteiger partial charge in [-0.15, -0.1) is 0 Å². The Balaban J connectivity index is 2.28. The molecule has 0 saturated carbocycles. The zero-order chi connectivity index (χ0) is 20.0. The molecule has 0 aromatic heterocycles. The minimum atomic E-state index is -0.411. The van der Waals surface area contributed by atoms with Gasteiger partial charge in [0.25, 0.3) is 0 Å². The first-order valence-electron chi connectivity index (χ1n) is 8.57. The van der Waals surface area contributed by atoms with Gasteiger partial charge in [-0.25, -0.2) is 14.2 Å². The van der Waals surface area contributed by atoms with E-state index in [9.17, 15) is 9.18 Å². The van der Waals surface area contributed by atoms with Gasteiger partial charge >= 0.3 is 6.03 Å². The highest BCUT2D eigenvalue weighted by Gasteiger charge is 2.15. The number of para-hydroxylation sites is 1. The van der Waals surface area contributed by atoms with Crippen LogP contribution in [0.2, 0.25) is 0 Å². The summed E-state index contributed by atoms with van der Waals surface area (Å²) in [6, 6.07) is 10.1. The summed E-state index contributed by atoms with van der Waals surface area (Å²) in [5, 5.41) is 8.44. The van der Waals surface area contributed by atoms with Crippen LogP contribution in [0.25, 0.3) is 0 Å². The van der Waals surface area contributed by atoms with E-state index in [2.05, 4.69) is 26.3 Å². The number of amides is 2. The Labute approximate surface area is 167 Å². The number of carbonyl (C=O) groups excluding carboxylic acids is 1. The standard InChI is InChI=1S/C21H23BrFN3O/c1-5-14(2)13-26(24-12-17-9-10-18(22)11-19(17)23)21(27)25-20-15(3)7-6-8-16(20)4/h5-12H,13H2,1-4H3,(H,25,27)/b14-5+,24-12+. The summed E-state index contributed by atoms with van der Waals surface area (Å²) in [7, 11) is 0. The highest BCUT2D eigenvalue weighted by molar-refractivity contribution is 9.10. The molecule has 0 unspecified atom stereocenters. The van der Waals surface area contributed by atoms with Crippen molar-refractivity contribution in [1.29, 1.82) is 0 Å². The van der Waals surface area contributed by atoms with Crippen LogP contribution in [0.3, 0.4) is 0 Å². The first-order chi connectivity index (χ1) is 12.8. The van der Waals surface area contributed by atoms with Gasteiger partial charge in [-0.05, 0) is 57.0 Å². The number of hydrogen-bond donors (Lipinski definition) is 1. The molecule has 0 aliphatic rings. The number of nitrogens with zero attached hydrogens (tertiary/aromatic N) is 2. The maximum Gasteiger partial charge on any atom is 0.342 e. The maximum atomic E-state index is 14.0. The molecule has 0 spiro atoms. The van der Waals surface area contributed by atoms with Crippen LogP contribution in [0.15, 0.2) is 57.6 Å². The van der Waals surface area contributed by atoms with E-state index >= 15 is 0 Å². The van der Waals surface area contributed by atoms with Gasteiger partial charge in [-0.3, -0.25) is 0 Å². The highest BCUT2D eigenvalue weighted by atomic mass is 79.9. The second-order valence-corrected chi connectivity index (χ2v) is 7.22. The van der Waals surface area contributed by atoms with Gasteiger partial charge in [0.1, 0.15) is 5.82 Å². The van der Waals surface area contributed by atoms with Crippen molar-refractivity contribution in [3.63, 3.8) is 0 Å². The Kier molecular flexibility index (Phi) is 7.30. The van der Waals surface area contributed by atoms with E-state index in [1.54, 1.807) is 12.1 Å². The molecule has 0 radical (unpaired) electrons. The van der Waals surface area contributed by atoms with Gasteiger partial charge < -0.3 is 5.32 Å². The van der Waals surface area contributed by atoms with Crippen LogP contribution in [-0.4, -0.2) is 23.8 Å². The summed E-state index contributed by atoms with van der Waals surface area (Å²) in [4.78, 5) is 12.8. The molecular formula is C21H23BrFN3O. The molecule has 0 bridgehead atoms. The lowest BCUT2D eigenvalue weighted by atomic mass is 10.1. The number of nitrogens with one attached hydrogen (secondary N) is 1. The fourth-order valence-electron chi connectivity index (χ4n) is 2.41. The van der Waals surface area contributed by atoms with Gasteiger partial charge in [0, 0.05) is 15.7 Å². The van der Waals surface area contributed by atoms with Crippen molar-refractivity contribution in [2.24, 2.45) is 5.10 Å². The van der Waals surface area contributed by atoms with Crippen LogP contribution in [0, 0.1) is 19.7 Å². The Morgan fingerprint density at radius 2 is 1.93 bits per heavy atom. The third-order valence-electron chi connectivity index (χ3n) is 4.14. The topological polar surface area (TPSA) is 44.7 Å². The minimum absolute atomic E-state index is 0.307. The molecule has 2 amide bonds. The predicted molar refractivity (Wildman–Crippen MR) is 113 cm³/mol. The van der Waals surface area contributed by atoms with Crippen molar-refractivity contribution in [1.82, 2.24) is 5.01 Å². The van der Waals surface area contributed by atoms with Crippen molar-refractivity contribution < 1.29 is 9.18 Å². The molecule has 2 rings (SSSR count). The number of benzene rings is 2. The highest BCUT2D eigenvalue weighted by Crippen LogP contribution is 2.20. The minimum Gasteiger partial charge on any atom is -0.306 e. The normalized spacial score (nSPS) is 11.7. The summed E-state index contributed by atoms with van der Waals surface area (Å²) in [6.07, 6.45) is 3.27. The monoisotopic (exact) mass is 431 g/mol. The number of halogens is 2. The van der Waals surface area contributed by atoms with Crippen LogP contribution >= 0.6 is 15.9 Å². The lowest BCUT2D eigenvalue weighted by Gasteiger charge is -2.20. The quantitative estimate of drug-likeness (QED) is 0.350. The molecular weight excluding hydrogens is 409 g/mol. The van der Waals surface area contributed by atoms with E-state index in [1.165, 1.54) is 17.3 Å². The SMILES string of the molecule is C/C=C(\C)CN(/N=C/c1ccc(Br)cc1F)C(=O)Nc1c(C)cccc1C. The first kappa shape index (κ1) is 20.8. The van der Waals surface area contributed by atoms with Gasteiger partial charge in [-0.2, -0.15) is 5.10 Å². The molecule has 0 aliphatic heterocycles. The number of aryl methyl sites for hydroxylation is 2. The zero-order valence-corrected chi connectivity index (χ0v) is 17.5. The molecule has 0 atom stereocenters. The molecule has 27 heavy (non-hydrogen) atoms. The van der Waals surface area contributed by atoms with E-state index in [0.717, 1.165) is 22.4 Å². The number of anilines is 1. The van der Waals surface area contributed by atoms with Crippen LogP contribution < -0.4 is 5.32 Å². The summed E-state index contributed by atoms with van der Waals surface area (Å²) >= 11 is 3.23. The van der Waals surface area contributed by atoms with E-state index in [-0.39, 0.29) is 6.03 Å². The molecule has 6 heteroatoms. The average molecular weight is 432 g/mol. The predicted octanol–water partition coefficient (Wildman–Crippen LogP) is 6.04. The van der Waals surface area contributed by atoms with Crippen molar-refractivity contribution in [2.45, 2.75) is 27.7 Å². The Bertz CT molecular complexity index is 873. The van der Waals surface area contributed by atoms with Crippen LogP contribution in [0.1, 0.15) is 30.5 Å². The first-order valence-corrected chi connectivity index (χ1v) is 9.36. The van der Waals surface area contributed by atoms with Gasteiger partial charge in [0.2, 0.25) is 0 Å². The molecule has 2 aromatic rings. The molecule has 0 fully saturated rings. The van der Waals surface area contributed by atoms with Crippen LogP contribution in [0.5, 0.6) is 0 Å². The van der Waals surface area contributed by atoms with Gasteiger partial charge in [0.05, 0.1) is 12.8 Å². The molecule has 1 N–H and O–H groups in total. The Hall–Kier alpha value is -2.47. The summed E-state index contributed by atoms with van der Waals surface area (Å²) in [6.45, 7) is 7.99.